The number of rotatable bonds is 5. The molecule has 0 N–H and O–H groups in total. The van der Waals surface area contributed by atoms with E-state index < -0.39 is 36.9 Å². The van der Waals surface area contributed by atoms with E-state index in [9.17, 15) is 44.3 Å². The normalized spacial score (nSPS) is 16.4. The van der Waals surface area contributed by atoms with Crippen molar-refractivity contribution in [2.75, 3.05) is 6.61 Å². The first-order chi connectivity index (χ1) is 8.66. The van der Waals surface area contributed by atoms with Crippen molar-refractivity contribution in [3.8, 4) is 0 Å². The third-order valence-electron chi connectivity index (χ3n) is 1.65. The van der Waals surface area contributed by atoms with E-state index in [0.29, 0.717) is 0 Å². The van der Waals surface area contributed by atoms with Gasteiger partial charge < -0.3 is 4.74 Å². The van der Waals surface area contributed by atoms with Gasteiger partial charge in [-0.15, -0.1) is 13.2 Å². The maximum Gasteiger partial charge on any atom is 0.525 e. The van der Waals surface area contributed by atoms with Crippen LogP contribution in [-0.2, 0) is 14.3 Å². The molecule has 0 aliphatic carbocycles. The van der Waals surface area contributed by atoms with E-state index >= 15 is 0 Å². The summed E-state index contributed by atoms with van der Waals surface area (Å²) < 4.78 is 116. The number of carbonyl (C=O) groups excluding carboxylic acids is 1. The van der Waals surface area contributed by atoms with Crippen LogP contribution in [-0.4, -0.2) is 36.9 Å². The topological polar surface area (TPSA) is 35.5 Å². The molecule has 0 bridgehead atoms. The molecule has 0 aromatic rings. The summed E-state index contributed by atoms with van der Waals surface area (Å²) >= 11 is 0. The van der Waals surface area contributed by atoms with Crippen molar-refractivity contribution >= 4 is 5.97 Å². The van der Waals surface area contributed by atoms with E-state index in [1.807, 2.05) is 4.74 Å². The van der Waals surface area contributed by atoms with Crippen molar-refractivity contribution < 1.29 is 53.8 Å². The van der Waals surface area contributed by atoms with Gasteiger partial charge in [-0.1, -0.05) is 6.58 Å². The van der Waals surface area contributed by atoms with E-state index in [1.165, 1.54) is 0 Å². The van der Waals surface area contributed by atoms with Crippen LogP contribution in [0, 0.1) is 0 Å². The van der Waals surface area contributed by atoms with Gasteiger partial charge in [-0.25, -0.2) is 9.53 Å². The molecule has 20 heavy (non-hydrogen) atoms. The standard InChI is InChI=1S/C8H5F9O3/c1-2-4(18)19-3-5(9,10)6(11,7(12,13)14)20-8(15,16)17/h2H,1,3H2. The average Bonchev–Trinajstić information content (AvgIpc) is 2.21. The Hall–Kier alpha value is -1.46. The molecule has 118 valence electrons. The third-order valence-corrected chi connectivity index (χ3v) is 1.65. The first-order valence-electron chi connectivity index (χ1n) is 4.36. The van der Waals surface area contributed by atoms with Crippen LogP contribution in [0.15, 0.2) is 12.7 Å². The number of halogens is 9. The van der Waals surface area contributed by atoms with Gasteiger partial charge in [-0.2, -0.15) is 26.3 Å². The fraction of sp³-hybridized carbons (Fsp3) is 0.625. The van der Waals surface area contributed by atoms with Crippen molar-refractivity contribution in [2.24, 2.45) is 0 Å². The van der Waals surface area contributed by atoms with Crippen LogP contribution in [0.4, 0.5) is 39.5 Å². The fourth-order valence-corrected chi connectivity index (χ4v) is 0.813. The van der Waals surface area contributed by atoms with Crippen molar-refractivity contribution in [3.63, 3.8) is 0 Å². The minimum absolute atomic E-state index is 0.230. The molecule has 0 aromatic carbocycles. The van der Waals surface area contributed by atoms with Gasteiger partial charge in [0.25, 0.3) is 0 Å². The summed E-state index contributed by atoms with van der Waals surface area (Å²) in [5.74, 6) is -14.0. The van der Waals surface area contributed by atoms with Gasteiger partial charge in [0.2, 0.25) is 0 Å². The molecule has 0 aromatic heterocycles. The number of alkyl halides is 9. The average molecular weight is 320 g/mol. The summed E-state index contributed by atoms with van der Waals surface area (Å²) in [6, 6.07) is 0. The van der Waals surface area contributed by atoms with Gasteiger partial charge in [0, 0.05) is 6.08 Å². The van der Waals surface area contributed by atoms with E-state index in [2.05, 4.69) is 11.3 Å². The van der Waals surface area contributed by atoms with Crippen LogP contribution in [0.3, 0.4) is 0 Å². The summed E-state index contributed by atoms with van der Waals surface area (Å²) in [5.41, 5.74) is 0. The molecule has 0 saturated heterocycles. The molecule has 0 saturated carbocycles. The second-order valence-electron chi connectivity index (χ2n) is 3.16. The molecule has 0 spiro atoms. The van der Waals surface area contributed by atoms with Crippen molar-refractivity contribution in [2.45, 2.75) is 24.3 Å². The van der Waals surface area contributed by atoms with Crippen LogP contribution in [0.2, 0.25) is 0 Å². The molecular weight excluding hydrogens is 315 g/mol. The smallest absolute Gasteiger partial charge is 0.456 e. The van der Waals surface area contributed by atoms with Gasteiger partial charge in [0.1, 0.15) is 0 Å². The van der Waals surface area contributed by atoms with Crippen molar-refractivity contribution in [3.05, 3.63) is 12.7 Å². The maximum atomic E-state index is 13.1. The van der Waals surface area contributed by atoms with E-state index in [4.69, 9.17) is 0 Å². The zero-order valence-electron chi connectivity index (χ0n) is 9.12. The molecule has 0 heterocycles. The Morgan fingerprint density at radius 3 is 1.75 bits per heavy atom. The lowest BCUT2D eigenvalue weighted by molar-refractivity contribution is -0.487. The zero-order chi connectivity index (χ0) is 16.4. The molecular formula is C8H5F9O3. The number of carbonyl (C=O) groups is 1. The largest absolute Gasteiger partial charge is 0.525 e. The van der Waals surface area contributed by atoms with Crippen LogP contribution < -0.4 is 0 Å². The lowest BCUT2D eigenvalue weighted by Gasteiger charge is -2.34. The molecule has 0 aliphatic heterocycles. The predicted molar refractivity (Wildman–Crippen MR) is 43.1 cm³/mol. The van der Waals surface area contributed by atoms with Crippen LogP contribution in [0.5, 0.6) is 0 Å². The highest BCUT2D eigenvalue weighted by atomic mass is 19.4. The summed E-state index contributed by atoms with van der Waals surface area (Å²) in [7, 11) is 0. The molecule has 3 nitrogen and oxygen atoms in total. The number of esters is 1. The summed E-state index contributed by atoms with van der Waals surface area (Å²) in [6.45, 7) is 0.0500. The molecule has 0 aliphatic rings. The SMILES string of the molecule is C=CC(=O)OCC(F)(F)C(F)(OC(F)(F)F)C(F)(F)F. The highest BCUT2D eigenvalue weighted by Gasteiger charge is 2.76. The third kappa shape index (κ3) is 4.28. The Bertz CT molecular complexity index is 372. The van der Waals surface area contributed by atoms with Crippen LogP contribution >= 0.6 is 0 Å². The minimum atomic E-state index is -6.74. The highest BCUT2D eigenvalue weighted by Crippen LogP contribution is 2.49. The van der Waals surface area contributed by atoms with Crippen LogP contribution in [0.25, 0.3) is 0 Å². The monoisotopic (exact) mass is 320 g/mol. The van der Waals surface area contributed by atoms with Gasteiger partial charge in [-0.05, 0) is 0 Å². The van der Waals surface area contributed by atoms with Crippen molar-refractivity contribution in [1.82, 2.24) is 0 Å². The molecule has 1 unspecified atom stereocenters. The quantitative estimate of drug-likeness (QED) is 0.444. The minimum Gasteiger partial charge on any atom is -0.456 e. The second-order valence-corrected chi connectivity index (χ2v) is 3.16. The lowest BCUT2D eigenvalue weighted by Crippen LogP contribution is -2.61. The Morgan fingerprint density at radius 1 is 1.00 bits per heavy atom. The molecule has 0 fully saturated rings. The van der Waals surface area contributed by atoms with Gasteiger partial charge in [0.15, 0.2) is 6.61 Å². The maximum absolute atomic E-state index is 13.1. The lowest BCUT2D eigenvalue weighted by atomic mass is 10.1. The molecule has 1 atom stereocenters. The Kier molecular flexibility index (Phi) is 5.10. The first kappa shape index (κ1) is 18.5. The summed E-state index contributed by atoms with van der Waals surface area (Å²) in [5, 5.41) is 0. The van der Waals surface area contributed by atoms with E-state index in [0.717, 1.165) is 0 Å². The number of hydrogen-bond donors (Lipinski definition) is 0. The Balaban J connectivity index is 5.41. The van der Waals surface area contributed by atoms with E-state index in [1.54, 1.807) is 0 Å². The first-order valence-corrected chi connectivity index (χ1v) is 4.36. The number of ether oxygens (including phenoxy) is 2. The van der Waals surface area contributed by atoms with E-state index in [-0.39, 0.29) is 6.08 Å². The zero-order valence-corrected chi connectivity index (χ0v) is 9.12. The van der Waals surface area contributed by atoms with Gasteiger partial charge >= 0.3 is 30.3 Å². The van der Waals surface area contributed by atoms with Crippen molar-refractivity contribution in [1.29, 1.82) is 0 Å². The predicted octanol–water partition coefficient (Wildman–Crippen LogP) is 3.12. The Morgan fingerprint density at radius 2 is 1.45 bits per heavy atom. The fourth-order valence-electron chi connectivity index (χ4n) is 0.813. The van der Waals surface area contributed by atoms with Crippen LogP contribution in [0.1, 0.15) is 0 Å². The highest BCUT2D eigenvalue weighted by molar-refractivity contribution is 5.81. The Labute approximate surface area is 104 Å². The summed E-state index contributed by atoms with van der Waals surface area (Å²) in [6.07, 6.45) is -12.9. The molecule has 12 heteroatoms. The molecule has 0 radical (unpaired) electrons. The molecule has 0 rings (SSSR count). The molecule has 0 amide bonds. The number of hydrogen-bond acceptors (Lipinski definition) is 3. The van der Waals surface area contributed by atoms with Gasteiger partial charge in [-0.3, -0.25) is 0 Å². The summed E-state index contributed by atoms with van der Waals surface area (Å²) in [4.78, 5) is 10.4. The van der Waals surface area contributed by atoms with Gasteiger partial charge in [0.05, 0.1) is 0 Å². The second kappa shape index (κ2) is 5.50.